The van der Waals surface area contributed by atoms with Gasteiger partial charge in [0.25, 0.3) is 5.22 Å². The van der Waals surface area contributed by atoms with Crippen LogP contribution >= 0.6 is 11.8 Å². The number of rotatable bonds is 5. The molecule has 1 aromatic carbocycles. The highest BCUT2D eigenvalue weighted by Gasteiger charge is 2.15. The monoisotopic (exact) mass is 278 g/mol. The van der Waals surface area contributed by atoms with Crippen molar-refractivity contribution in [1.82, 2.24) is 10.2 Å². The van der Waals surface area contributed by atoms with Crippen molar-refractivity contribution >= 4 is 17.7 Å². The molecule has 0 saturated carbocycles. The molecule has 0 unspecified atom stereocenters. The second-order valence-corrected chi connectivity index (χ2v) is 4.80. The van der Waals surface area contributed by atoms with Crippen LogP contribution in [0.4, 0.5) is 0 Å². The molecule has 100 valence electrons. The normalized spacial score (nSPS) is 10.4. The van der Waals surface area contributed by atoms with Gasteiger partial charge in [0.05, 0.1) is 6.61 Å². The molecular weight excluding hydrogens is 264 g/mol. The van der Waals surface area contributed by atoms with Gasteiger partial charge in [-0.3, -0.25) is 0 Å². The van der Waals surface area contributed by atoms with Gasteiger partial charge in [-0.05, 0) is 19.4 Å². The van der Waals surface area contributed by atoms with Crippen LogP contribution in [-0.4, -0.2) is 22.8 Å². The van der Waals surface area contributed by atoms with E-state index in [0.29, 0.717) is 11.0 Å². The number of thioether (sulfide) groups is 1. The van der Waals surface area contributed by atoms with E-state index < -0.39 is 5.97 Å². The van der Waals surface area contributed by atoms with Crippen LogP contribution in [0.5, 0.6) is 0 Å². The van der Waals surface area contributed by atoms with Gasteiger partial charge in [0, 0.05) is 5.75 Å². The third kappa shape index (κ3) is 3.82. The number of aromatic nitrogens is 2. The van der Waals surface area contributed by atoms with Crippen LogP contribution < -0.4 is 0 Å². The lowest BCUT2D eigenvalue weighted by molar-refractivity contribution is 0.0475. The van der Waals surface area contributed by atoms with E-state index in [2.05, 4.69) is 16.3 Å². The molecule has 5 nitrogen and oxygen atoms in total. The Morgan fingerprint density at radius 3 is 3.00 bits per heavy atom. The summed E-state index contributed by atoms with van der Waals surface area (Å²) in [7, 11) is 0. The van der Waals surface area contributed by atoms with Crippen molar-refractivity contribution in [2.75, 3.05) is 6.61 Å². The van der Waals surface area contributed by atoms with Gasteiger partial charge in [0.2, 0.25) is 0 Å². The highest BCUT2D eigenvalue weighted by molar-refractivity contribution is 7.98. The molecule has 0 radical (unpaired) electrons. The van der Waals surface area contributed by atoms with Gasteiger partial charge < -0.3 is 9.15 Å². The van der Waals surface area contributed by atoms with Crippen LogP contribution in [0.25, 0.3) is 0 Å². The minimum absolute atomic E-state index is 0.103. The molecule has 1 heterocycles. The number of carbonyl (C=O) groups excluding carboxylic acids is 1. The summed E-state index contributed by atoms with van der Waals surface area (Å²) in [5.41, 5.74) is 2.37. The average Bonchev–Trinajstić information content (AvgIpc) is 2.86. The fourth-order valence-corrected chi connectivity index (χ4v) is 2.20. The van der Waals surface area contributed by atoms with Gasteiger partial charge in [-0.15, -0.1) is 5.10 Å². The first-order valence-corrected chi connectivity index (χ1v) is 6.86. The van der Waals surface area contributed by atoms with E-state index >= 15 is 0 Å². The molecule has 0 spiro atoms. The van der Waals surface area contributed by atoms with Crippen LogP contribution in [0, 0.1) is 6.92 Å². The van der Waals surface area contributed by atoms with Crippen molar-refractivity contribution in [1.29, 1.82) is 0 Å². The molecule has 0 aliphatic heterocycles. The molecule has 0 aliphatic carbocycles. The van der Waals surface area contributed by atoms with E-state index in [4.69, 9.17) is 9.15 Å². The van der Waals surface area contributed by atoms with Crippen LogP contribution in [0.3, 0.4) is 0 Å². The fraction of sp³-hybridized carbons (Fsp3) is 0.308. The summed E-state index contributed by atoms with van der Waals surface area (Å²) >= 11 is 1.39. The van der Waals surface area contributed by atoms with Crippen LogP contribution in [0.2, 0.25) is 0 Å². The molecule has 0 atom stereocenters. The molecular formula is C13H14N2O3S. The number of aryl methyl sites for hydroxylation is 1. The van der Waals surface area contributed by atoms with Crippen molar-refractivity contribution in [3.05, 3.63) is 41.3 Å². The Morgan fingerprint density at radius 1 is 1.42 bits per heavy atom. The Bertz CT molecular complexity index is 569. The summed E-state index contributed by atoms with van der Waals surface area (Å²) < 4.78 is 9.99. The van der Waals surface area contributed by atoms with Gasteiger partial charge in [-0.1, -0.05) is 46.7 Å². The minimum Gasteiger partial charge on any atom is -0.459 e. The zero-order valence-corrected chi connectivity index (χ0v) is 11.6. The summed E-state index contributed by atoms with van der Waals surface area (Å²) in [6.45, 7) is 4.05. The highest BCUT2D eigenvalue weighted by Crippen LogP contribution is 2.22. The lowest BCUT2D eigenvalue weighted by Crippen LogP contribution is -2.04. The summed E-state index contributed by atoms with van der Waals surface area (Å²) in [5.74, 6) is 0.0255. The first-order chi connectivity index (χ1) is 9.19. The van der Waals surface area contributed by atoms with Crippen molar-refractivity contribution in [2.45, 2.75) is 24.8 Å². The third-order valence-corrected chi connectivity index (χ3v) is 3.19. The summed E-state index contributed by atoms with van der Waals surface area (Å²) in [6, 6.07) is 8.17. The fourth-order valence-electron chi connectivity index (χ4n) is 1.49. The first kappa shape index (κ1) is 13.6. The Labute approximate surface area is 115 Å². The van der Waals surface area contributed by atoms with Crippen LogP contribution in [-0.2, 0) is 10.5 Å². The number of ether oxygens (including phenoxy) is 1. The van der Waals surface area contributed by atoms with Crippen molar-refractivity contribution in [3.8, 4) is 0 Å². The largest absolute Gasteiger partial charge is 0.459 e. The zero-order valence-electron chi connectivity index (χ0n) is 10.8. The maximum absolute atomic E-state index is 11.3. The molecule has 0 bridgehead atoms. The maximum atomic E-state index is 11.3. The minimum atomic E-state index is -0.586. The summed E-state index contributed by atoms with van der Waals surface area (Å²) in [5, 5.41) is 7.82. The molecule has 0 N–H and O–H groups in total. The molecule has 2 aromatic rings. The quantitative estimate of drug-likeness (QED) is 0.619. The van der Waals surface area contributed by atoms with Crippen molar-refractivity contribution < 1.29 is 13.9 Å². The van der Waals surface area contributed by atoms with Crippen LogP contribution in [0.15, 0.2) is 33.9 Å². The number of esters is 1. The molecule has 6 heteroatoms. The SMILES string of the molecule is CCOC(=O)c1nnc(SCc2cccc(C)c2)o1. The lowest BCUT2D eigenvalue weighted by atomic mass is 10.2. The van der Waals surface area contributed by atoms with Crippen LogP contribution in [0.1, 0.15) is 28.7 Å². The Morgan fingerprint density at radius 2 is 2.26 bits per heavy atom. The predicted octanol–water partition coefficient (Wildman–Crippen LogP) is 2.85. The number of benzene rings is 1. The van der Waals surface area contributed by atoms with Crippen molar-refractivity contribution in [2.24, 2.45) is 0 Å². The molecule has 0 aliphatic rings. The summed E-state index contributed by atoms with van der Waals surface area (Å²) in [6.07, 6.45) is 0. The van der Waals surface area contributed by atoms with Crippen molar-refractivity contribution in [3.63, 3.8) is 0 Å². The van der Waals surface area contributed by atoms with Gasteiger partial charge in [-0.25, -0.2) is 4.79 Å². The molecule has 0 amide bonds. The second kappa shape index (κ2) is 6.38. The average molecular weight is 278 g/mol. The Hall–Kier alpha value is -1.82. The van der Waals surface area contributed by atoms with E-state index in [1.165, 1.54) is 22.9 Å². The maximum Gasteiger partial charge on any atom is 0.396 e. The number of hydrogen-bond acceptors (Lipinski definition) is 6. The van der Waals surface area contributed by atoms with E-state index in [1.54, 1.807) is 6.92 Å². The van der Waals surface area contributed by atoms with Gasteiger partial charge in [0.1, 0.15) is 0 Å². The lowest BCUT2D eigenvalue weighted by Gasteiger charge is -1.99. The van der Waals surface area contributed by atoms with E-state index in [9.17, 15) is 4.79 Å². The number of carbonyl (C=O) groups is 1. The molecule has 19 heavy (non-hydrogen) atoms. The highest BCUT2D eigenvalue weighted by atomic mass is 32.2. The standard InChI is InChI=1S/C13H14N2O3S/c1-3-17-12(16)11-14-15-13(18-11)19-8-10-6-4-5-9(2)7-10/h4-7H,3,8H2,1-2H3. The molecule has 2 rings (SSSR count). The van der Waals surface area contributed by atoms with E-state index in [-0.39, 0.29) is 12.5 Å². The topological polar surface area (TPSA) is 65.2 Å². The number of nitrogens with zero attached hydrogens (tertiary/aromatic N) is 2. The van der Waals surface area contributed by atoms with Gasteiger partial charge in [0.15, 0.2) is 0 Å². The smallest absolute Gasteiger partial charge is 0.396 e. The summed E-state index contributed by atoms with van der Waals surface area (Å²) in [4.78, 5) is 11.3. The third-order valence-electron chi connectivity index (χ3n) is 2.30. The first-order valence-electron chi connectivity index (χ1n) is 5.88. The Balaban J connectivity index is 1.95. The Kier molecular flexibility index (Phi) is 4.57. The van der Waals surface area contributed by atoms with Gasteiger partial charge >= 0.3 is 11.9 Å². The predicted molar refractivity (Wildman–Crippen MR) is 71.0 cm³/mol. The zero-order chi connectivity index (χ0) is 13.7. The molecule has 0 saturated heterocycles. The van der Waals surface area contributed by atoms with E-state index in [1.807, 2.05) is 25.1 Å². The van der Waals surface area contributed by atoms with E-state index in [0.717, 1.165) is 0 Å². The van der Waals surface area contributed by atoms with Gasteiger partial charge in [-0.2, -0.15) is 0 Å². The molecule has 0 fully saturated rings. The molecule has 1 aromatic heterocycles. The second-order valence-electron chi connectivity index (χ2n) is 3.87. The number of hydrogen-bond donors (Lipinski definition) is 0.